The van der Waals surface area contributed by atoms with Crippen LogP contribution in [0.4, 0.5) is 5.69 Å². The Labute approximate surface area is 187 Å². The highest BCUT2D eigenvalue weighted by Crippen LogP contribution is 2.25. The Balaban J connectivity index is 1.42. The number of rotatable bonds is 6. The highest BCUT2D eigenvalue weighted by molar-refractivity contribution is 7.13. The van der Waals surface area contributed by atoms with Crippen LogP contribution in [0.25, 0.3) is 10.6 Å². The van der Waals surface area contributed by atoms with Gasteiger partial charge in [-0.2, -0.15) is 0 Å². The standard InChI is InChI=1S/C25H27N3O2S/c1-2-18-10-12-19(13-11-18)24-26-20(17-31-24)16-23(29)27-22-9-5-4-8-21(22)25(30)28-14-6-3-7-15-28/h4-5,8-13,17H,2-3,6-7,14-16H2,1H3,(H,27,29). The third-order valence-corrected chi connectivity index (χ3v) is 6.52. The van der Waals surface area contributed by atoms with Crippen molar-refractivity contribution in [2.45, 2.75) is 39.0 Å². The average molecular weight is 434 g/mol. The molecule has 1 aliphatic rings. The summed E-state index contributed by atoms with van der Waals surface area (Å²) in [6.07, 6.45) is 4.42. The number of aryl methyl sites for hydroxylation is 1. The van der Waals surface area contributed by atoms with E-state index in [2.05, 4.69) is 41.5 Å². The Bertz CT molecular complexity index is 1050. The van der Waals surface area contributed by atoms with Crippen LogP contribution in [-0.4, -0.2) is 34.8 Å². The molecule has 0 bridgehead atoms. The van der Waals surface area contributed by atoms with Gasteiger partial charge in [-0.05, 0) is 43.4 Å². The van der Waals surface area contributed by atoms with Gasteiger partial charge in [0.15, 0.2) is 0 Å². The minimum absolute atomic E-state index is 0.0120. The summed E-state index contributed by atoms with van der Waals surface area (Å²) < 4.78 is 0. The summed E-state index contributed by atoms with van der Waals surface area (Å²) in [5.74, 6) is -0.181. The van der Waals surface area contributed by atoms with E-state index in [1.165, 1.54) is 23.3 Å². The van der Waals surface area contributed by atoms with Gasteiger partial charge in [-0.15, -0.1) is 11.3 Å². The molecule has 0 aliphatic carbocycles. The number of hydrogen-bond donors (Lipinski definition) is 1. The van der Waals surface area contributed by atoms with E-state index in [0.717, 1.165) is 48.6 Å². The number of carbonyl (C=O) groups is 2. The van der Waals surface area contributed by atoms with Crippen LogP contribution < -0.4 is 5.32 Å². The monoisotopic (exact) mass is 433 g/mol. The first-order valence-electron chi connectivity index (χ1n) is 10.9. The summed E-state index contributed by atoms with van der Waals surface area (Å²) in [5.41, 5.74) is 4.20. The topological polar surface area (TPSA) is 62.3 Å². The van der Waals surface area contributed by atoms with Gasteiger partial charge < -0.3 is 10.2 Å². The van der Waals surface area contributed by atoms with Crippen molar-refractivity contribution in [3.63, 3.8) is 0 Å². The molecule has 0 unspecified atom stereocenters. The molecule has 1 saturated heterocycles. The van der Waals surface area contributed by atoms with Crippen molar-refractivity contribution in [2.75, 3.05) is 18.4 Å². The number of hydrogen-bond acceptors (Lipinski definition) is 4. The first-order valence-corrected chi connectivity index (χ1v) is 11.7. The summed E-state index contributed by atoms with van der Waals surface area (Å²) in [7, 11) is 0. The number of benzene rings is 2. The molecule has 3 aromatic rings. The molecule has 2 heterocycles. The third-order valence-electron chi connectivity index (χ3n) is 5.58. The largest absolute Gasteiger partial charge is 0.339 e. The lowest BCUT2D eigenvalue weighted by atomic mass is 10.1. The van der Waals surface area contributed by atoms with Crippen LogP contribution in [0.3, 0.4) is 0 Å². The maximum atomic E-state index is 12.9. The second-order valence-corrected chi connectivity index (χ2v) is 8.68. The van der Waals surface area contributed by atoms with Gasteiger partial charge >= 0.3 is 0 Å². The molecule has 1 aromatic heterocycles. The highest BCUT2D eigenvalue weighted by atomic mass is 32.1. The lowest BCUT2D eigenvalue weighted by molar-refractivity contribution is -0.115. The van der Waals surface area contributed by atoms with E-state index in [4.69, 9.17) is 0 Å². The molecule has 0 atom stereocenters. The molecule has 0 saturated carbocycles. The van der Waals surface area contributed by atoms with Crippen LogP contribution in [0, 0.1) is 0 Å². The fourth-order valence-corrected chi connectivity index (χ4v) is 4.63. The number of amides is 2. The Kier molecular flexibility index (Phi) is 6.77. The van der Waals surface area contributed by atoms with Gasteiger partial charge in [-0.3, -0.25) is 9.59 Å². The fraction of sp³-hybridized carbons (Fsp3) is 0.320. The van der Waals surface area contributed by atoms with E-state index in [9.17, 15) is 9.59 Å². The van der Waals surface area contributed by atoms with Crippen molar-refractivity contribution in [3.05, 3.63) is 70.7 Å². The second kappa shape index (κ2) is 9.88. The van der Waals surface area contributed by atoms with Gasteiger partial charge in [-0.25, -0.2) is 4.98 Å². The first kappa shape index (κ1) is 21.2. The number of carbonyl (C=O) groups excluding carboxylic acids is 2. The predicted octanol–water partition coefficient (Wildman–Crippen LogP) is 5.18. The lowest BCUT2D eigenvalue weighted by Gasteiger charge is -2.27. The lowest BCUT2D eigenvalue weighted by Crippen LogP contribution is -2.36. The molecular weight excluding hydrogens is 406 g/mol. The summed E-state index contributed by atoms with van der Waals surface area (Å²) in [6.45, 7) is 3.69. The molecule has 0 radical (unpaired) electrons. The van der Waals surface area contributed by atoms with Crippen molar-refractivity contribution in [3.8, 4) is 10.6 Å². The number of nitrogens with one attached hydrogen (secondary N) is 1. The average Bonchev–Trinajstić information content (AvgIpc) is 3.28. The maximum Gasteiger partial charge on any atom is 0.255 e. The van der Waals surface area contributed by atoms with Gasteiger partial charge in [0.1, 0.15) is 5.01 Å². The van der Waals surface area contributed by atoms with E-state index in [1.54, 1.807) is 12.1 Å². The Morgan fingerprint density at radius 2 is 1.77 bits per heavy atom. The molecule has 2 aromatic carbocycles. The van der Waals surface area contributed by atoms with E-state index in [0.29, 0.717) is 11.3 Å². The molecule has 4 rings (SSSR count). The molecule has 160 valence electrons. The Morgan fingerprint density at radius 3 is 2.52 bits per heavy atom. The van der Waals surface area contributed by atoms with Gasteiger partial charge in [0.05, 0.1) is 23.4 Å². The quantitative estimate of drug-likeness (QED) is 0.583. The molecule has 1 fully saturated rings. The summed E-state index contributed by atoms with van der Waals surface area (Å²) in [5, 5.41) is 5.75. The van der Waals surface area contributed by atoms with E-state index < -0.39 is 0 Å². The zero-order valence-electron chi connectivity index (χ0n) is 17.8. The number of para-hydroxylation sites is 1. The van der Waals surface area contributed by atoms with Crippen LogP contribution >= 0.6 is 11.3 Å². The number of thiazole rings is 1. The summed E-state index contributed by atoms with van der Waals surface area (Å²) in [6, 6.07) is 15.6. The SMILES string of the molecule is CCc1ccc(-c2nc(CC(=O)Nc3ccccc3C(=O)N3CCCCC3)cs2)cc1. The molecule has 6 heteroatoms. The molecule has 1 N–H and O–H groups in total. The second-order valence-electron chi connectivity index (χ2n) is 7.82. The van der Waals surface area contributed by atoms with Crippen LogP contribution in [-0.2, 0) is 17.6 Å². The number of nitrogens with zero attached hydrogens (tertiary/aromatic N) is 2. The van der Waals surface area contributed by atoms with E-state index >= 15 is 0 Å². The Hall–Kier alpha value is -2.99. The predicted molar refractivity (Wildman–Crippen MR) is 125 cm³/mol. The van der Waals surface area contributed by atoms with Gasteiger partial charge in [0.2, 0.25) is 5.91 Å². The zero-order valence-corrected chi connectivity index (χ0v) is 18.6. The molecule has 1 aliphatic heterocycles. The number of piperidine rings is 1. The zero-order chi connectivity index (χ0) is 21.6. The van der Waals surface area contributed by atoms with E-state index in [1.807, 2.05) is 22.4 Å². The van der Waals surface area contributed by atoms with Crippen molar-refractivity contribution >= 4 is 28.8 Å². The minimum Gasteiger partial charge on any atom is -0.339 e. The maximum absolute atomic E-state index is 12.9. The van der Waals surface area contributed by atoms with E-state index in [-0.39, 0.29) is 18.2 Å². The van der Waals surface area contributed by atoms with Crippen LogP contribution in [0.2, 0.25) is 0 Å². The van der Waals surface area contributed by atoms with Crippen molar-refractivity contribution < 1.29 is 9.59 Å². The van der Waals surface area contributed by atoms with Gasteiger partial charge in [0.25, 0.3) is 5.91 Å². The normalized spacial score (nSPS) is 13.8. The first-order chi connectivity index (χ1) is 15.1. The minimum atomic E-state index is -0.169. The van der Waals surface area contributed by atoms with Gasteiger partial charge in [0, 0.05) is 24.0 Å². The number of aromatic nitrogens is 1. The van der Waals surface area contributed by atoms with Crippen molar-refractivity contribution in [2.24, 2.45) is 0 Å². The molecule has 5 nitrogen and oxygen atoms in total. The Morgan fingerprint density at radius 1 is 1.03 bits per heavy atom. The summed E-state index contributed by atoms with van der Waals surface area (Å²) in [4.78, 5) is 32.1. The third kappa shape index (κ3) is 5.20. The van der Waals surface area contributed by atoms with Crippen LogP contribution in [0.1, 0.15) is 47.8 Å². The molecule has 2 amide bonds. The summed E-state index contributed by atoms with van der Waals surface area (Å²) >= 11 is 1.54. The highest BCUT2D eigenvalue weighted by Gasteiger charge is 2.21. The number of likely N-dealkylation sites (tertiary alicyclic amines) is 1. The van der Waals surface area contributed by atoms with Crippen molar-refractivity contribution in [1.29, 1.82) is 0 Å². The fourth-order valence-electron chi connectivity index (χ4n) is 3.81. The van der Waals surface area contributed by atoms with Crippen molar-refractivity contribution in [1.82, 2.24) is 9.88 Å². The molecule has 31 heavy (non-hydrogen) atoms. The van der Waals surface area contributed by atoms with Crippen LogP contribution in [0.5, 0.6) is 0 Å². The number of anilines is 1. The smallest absolute Gasteiger partial charge is 0.255 e. The molecular formula is C25H27N3O2S. The van der Waals surface area contributed by atoms with Crippen LogP contribution in [0.15, 0.2) is 53.9 Å². The molecule has 0 spiro atoms. The van der Waals surface area contributed by atoms with Gasteiger partial charge in [-0.1, -0.05) is 43.3 Å².